The summed E-state index contributed by atoms with van der Waals surface area (Å²) in [4.78, 5) is 1.17. The fourth-order valence-corrected chi connectivity index (χ4v) is 1.86. The first-order valence-electron chi connectivity index (χ1n) is 4.79. The van der Waals surface area contributed by atoms with Gasteiger partial charge in [-0.3, -0.25) is 0 Å². The van der Waals surface area contributed by atoms with E-state index < -0.39 is 0 Å². The molecule has 0 aliphatic rings. The van der Waals surface area contributed by atoms with Gasteiger partial charge in [-0.15, -0.1) is 12.6 Å². The van der Waals surface area contributed by atoms with Crippen LogP contribution in [0.4, 0.5) is 0 Å². The Labute approximate surface area is 86.8 Å². The van der Waals surface area contributed by atoms with Crippen LogP contribution in [0.1, 0.15) is 30.5 Å². The van der Waals surface area contributed by atoms with Gasteiger partial charge in [0, 0.05) is 4.90 Å². The first-order valence-corrected chi connectivity index (χ1v) is 5.24. The highest BCUT2D eigenvalue weighted by molar-refractivity contribution is 7.80. The van der Waals surface area contributed by atoms with E-state index in [4.69, 9.17) is 0 Å². The van der Waals surface area contributed by atoms with Crippen LogP contribution in [0.2, 0.25) is 0 Å². The molecule has 1 aromatic carbocycles. The highest BCUT2D eigenvalue weighted by atomic mass is 32.1. The molecule has 0 spiro atoms. The van der Waals surface area contributed by atoms with Crippen LogP contribution in [-0.4, -0.2) is 0 Å². The van der Waals surface area contributed by atoms with E-state index in [0.29, 0.717) is 5.92 Å². The molecule has 0 atom stereocenters. The molecule has 0 aliphatic carbocycles. The zero-order chi connectivity index (χ0) is 10.0. The molecule has 1 aromatic rings. The van der Waals surface area contributed by atoms with Gasteiger partial charge >= 0.3 is 0 Å². The van der Waals surface area contributed by atoms with E-state index in [1.165, 1.54) is 21.6 Å². The lowest BCUT2D eigenvalue weighted by molar-refractivity contribution is 0.639. The Kier molecular flexibility index (Phi) is 3.43. The van der Waals surface area contributed by atoms with Crippen molar-refractivity contribution in [3.63, 3.8) is 0 Å². The zero-order valence-electron chi connectivity index (χ0n) is 8.89. The number of rotatable bonds is 2. The predicted octanol–water partition coefficient (Wildman–Crippen LogP) is 3.79. The lowest BCUT2D eigenvalue weighted by atomic mass is 9.99. The van der Waals surface area contributed by atoms with Crippen LogP contribution in [0, 0.1) is 19.8 Å². The molecule has 0 N–H and O–H groups in total. The lowest BCUT2D eigenvalue weighted by Crippen LogP contribution is -1.97. The van der Waals surface area contributed by atoms with Gasteiger partial charge in [0.1, 0.15) is 0 Å². The number of benzene rings is 1. The Bertz CT molecular complexity index is 300. The molecule has 0 aliphatic heterocycles. The monoisotopic (exact) mass is 194 g/mol. The van der Waals surface area contributed by atoms with Gasteiger partial charge in [0.25, 0.3) is 0 Å². The van der Waals surface area contributed by atoms with Gasteiger partial charge in [-0.2, -0.15) is 0 Å². The summed E-state index contributed by atoms with van der Waals surface area (Å²) in [5, 5.41) is 0. The summed E-state index contributed by atoms with van der Waals surface area (Å²) in [6.45, 7) is 8.75. The minimum Gasteiger partial charge on any atom is -0.143 e. The van der Waals surface area contributed by atoms with Gasteiger partial charge in [0.05, 0.1) is 0 Å². The van der Waals surface area contributed by atoms with Crippen LogP contribution in [0.3, 0.4) is 0 Å². The molecular formula is C12H18S. The van der Waals surface area contributed by atoms with Crippen molar-refractivity contribution in [2.75, 3.05) is 0 Å². The Morgan fingerprint density at radius 2 is 1.85 bits per heavy atom. The molecular weight excluding hydrogens is 176 g/mol. The van der Waals surface area contributed by atoms with E-state index in [2.05, 4.69) is 52.5 Å². The van der Waals surface area contributed by atoms with Crippen molar-refractivity contribution in [3.8, 4) is 0 Å². The third-order valence-corrected chi connectivity index (χ3v) is 2.79. The maximum atomic E-state index is 4.53. The smallest absolute Gasteiger partial charge is 0.0102 e. The number of thiol groups is 1. The minimum absolute atomic E-state index is 0.701. The Morgan fingerprint density at radius 3 is 2.38 bits per heavy atom. The summed E-state index contributed by atoms with van der Waals surface area (Å²) in [5.74, 6) is 0.701. The zero-order valence-corrected chi connectivity index (χ0v) is 9.78. The highest BCUT2D eigenvalue weighted by Gasteiger charge is 2.05. The van der Waals surface area contributed by atoms with Crippen LogP contribution in [0.15, 0.2) is 17.0 Å². The van der Waals surface area contributed by atoms with Crippen molar-refractivity contribution < 1.29 is 0 Å². The normalized spacial score (nSPS) is 10.9. The molecule has 0 saturated carbocycles. The third kappa shape index (κ3) is 2.77. The topological polar surface area (TPSA) is 0 Å². The fraction of sp³-hybridized carbons (Fsp3) is 0.500. The molecule has 1 rings (SSSR count). The first-order chi connectivity index (χ1) is 6.00. The lowest BCUT2D eigenvalue weighted by Gasteiger charge is -2.11. The van der Waals surface area contributed by atoms with Crippen LogP contribution in [0.25, 0.3) is 0 Å². The van der Waals surface area contributed by atoms with Crippen molar-refractivity contribution >= 4 is 12.6 Å². The van der Waals surface area contributed by atoms with Crippen molar-refractivity contribution in [2.24, 2.45) is 5.92 Å². The maximum absolute atomic E-state index is 4.53. The van der Waals surface area contributed by atoms with E-state index >= 15 is 0 Å². The van der Waals surface area contributed by atoms with E-state index in [0.717, 1.165) is 6.42 Å². The first kappa shape index (κ1) is 10.6. The summed E-state index contributed by atoms with van der Waals surface area (Å²) in [5.41, 5.74) is 4.01. The number of aryl methyl sites for hydroxylation is 2. The molecule has 72 valence electrons. The molecule has 0 unspecified atom stereocenters. The van der Waals surface area contributed by atoms with Crippen molar-refractivity contribution in [1.29, 1.82) is 0 Å². The molecule has 0 fully saturated rings. The van der Waals surface area contributed by atoms with Gasteiger partial charge in [-0.1, -0.05) is 31.5 Å². The second kappa shape index (κ2) is 4.19. The molecule has 0 heterocycles. The third-order valence-electron chi connectivity index (χ3n) is 2.15. The minimum atomic E-state index is 0.701. The predicted molar refractivity (Wildman–Crippen MR) is 61.7 cm³/mol. The van der Waals surface area contributed by atoms with E-state index in [1.807, 2.05) is 0 Å². The molecule has 0 nitrogen and oxygen atoms in total. The van der Waals surface area contributed by atoms with Gasteiger partial charge in [0.15, 0.2) is 0 Å². The second-order valence-electron chi connectivity index (χ2n) is 4.19. The van der Waals surface area contributed by atoms with Crippen molar-refractivity contribution in [2.45, 2.75) is 39.0 Å². The second-order valence-corrected chi connectivity index (χ2v) is 4.63. The summed E-state index contributed by atoms with van der Waals surface area (Å²) in [6, 6.07) is 4.43. The summed E-state index contributed by atoms with van der Waals surface area (Å²) < 4.78 is 0. The fourth-order valence-electron chi connectivity index (χ4n) is 1.64. The molecule has 1 heteroatoms. The average molecular weight is 194 g/mol. The van der Waals surface area contributed by atoms with Gasteiger partial charge < -0.3 is 0 Å². The van der Waals surface area contributed by atoms with Crippen molar-refractivity contribution in [1.82, 2.24) is 0 Å². The SMILES string of the molecule is Cc1cc(C)c(S)c(CC(C)C)c1. The number of hydrogen-bond donors (Lipinski definition) is 1. The molecule has 0 bridgehead atoms. The molecule has 0 radical (unpaired) electrons. The Morgan fingerprint density at radius 1 is 1.23 bits per heavy atom. The highest BCUT2D eigenvalue weighted by Crippen LogP contribution is 2.23. The standard InChI is InChI=1S/C12H18S/c1-8(2)5-11-7-9(3)6-10(4)12(11)13/h6-8,13H,5H2,1-4H3. The molecule has 0 amide bonds. The number of hydrogen-bond acceptors (Lipinski definition) is 1. The van der Waals surface area contributed by atoms with E-state index in [-0.39, 0.29) is 0 Å². The summed E-state index contributed by atoms with van der Waals surface area (Å²) in [7, 11) is 0. The molecule has 13 heavy (non-hydrogen) atoms. The Hall–Kier alpha value is -0.430. The van der Waals surface area contributed by atoms with Gasteiger partial charge in [0.2, 0.25) is 0 Å². The van der Waals surface area contributed by atoms with Gasteiger partial charge in [-0.25, -0.2) is 0 Å². The average Bonchev–Trinajstić information content (AvgIpc) is 1.98. The van der Waals surface area contributed by atoms with Crippen LogP contribution >= 0.6 is 12.6 Å². The maximum Gasteiger partial charge on any atom is 0.0102 e. The van der Waals surface area contributed by atoms with E-state index in [1.54, 1.807) is 0 Å². The summed E-state index contributed by atoms with van der Waals surface area (Å²) >= 11 is 4.53. The van der Waals surface area contributed by atoms with Crippen molar-refractivity contribution in [3.05, 3.63) is 28.8 Å². The largest absolute Gasteiger partial charge is 0.143 e. The van der Waals surface area contributed by atoms with Gasteiger partial charge in [-0.05, 0) is 37.3 Å². The Balaban J connectivity index is 3.05. The summed E-state index contributed by atoms with van der Waals surface area (Å²) in [6.07, 6.45) is 1.13. The van der Waals surface area contributed by atoms with Crippen LogP contribution in [0.5, 0.6) is 0 Å². The molecule has 0 saturated heterocycles. The van der Waals surface area contributed by atoms with E-state index in [9.17, 15) is 0 Å². The van der Waals surface area contributed by atoms with Crippen LogP contribution in [-0.2, 0) is 6.42 Å². The van der Waals surface area contributed by atoms with Crippen LogP contribution < -0.4 is 0 Å². The quantitative estimate of drug-likeness (QED) is 0.680. The molecule has 0 aromatic heterocycles.